The molecule has 0 unspecified atom stereocenters. The van der Waals surface area contributed by atoms with Crippen LogP contribution in [0.5, 0.6) is 0 Å². The van der Waals surface area contributed by atoms with E-state index in [0.29, 0.717) is 16.6 Å². The highest BCUT2D eigenvalue weighted by Crippen LogP contribution is 2.41. The van der Waals surface area contributed by atoms with E-state index in [1.807, 2.05) is 0 Å². The first kappa shape index (κ1) is 16.1. The van der Waals surface area contributed by atoms with E-state index in [0.717, 1.165) is 6.54 Å². The van der Waals surface area contributed by atoms with Gasteiger partial charge in [-0.3, -0.25) is 0 Å². The van der Waals surface area contributed by atoms with Crippen molar-refractivity contribution in [2.75, 3.05) is 6.54 Å². The van der Waals surface area contributed by atoms with Crippen LogP contribution in [0.25, 0.3) is 0 Å². The average molecular weight is 245 g/mol. The topological polar surface area (TPSA) is 21.3 Å². The van der Waals surface area contributed by atoms with Gasteiger partial charge in [-0.1, -0.05) is 54.9 Å². The molecule has 0 amide bonds. The quantitative estimate of drug-likeness (QED) is 0.387. The number of hydrogen-bond donors (Lipinski definition) is 1. The van der Waals surface area contributed by atoms with Gasteiger partial charge in [-0.05, 0) is 23.0 Å². The summed E-state index contributed by atoms with van der Waals surface area (Å²) in [7, 11) is -1.69. The van der Waals surface area contributed by atoms with Crippen molar-refractivity contribution in [2.24, 2.45) is 0 Å². The zero-order valence-corrected chi connectivity index (χ0v) is 13.3. The van der Waals surface area contributed by atoms with Gasteiger partial charge in [-0.15, -0.1) is 0 Å². The molecule has 0 fully saturated rings. The molecule has 0 bridgehead atoms. The van der Waals surface area contributed by atoms with Crippen molar-refractivity contribution in [1.82, 2.24) is 5.48 Å². The van der Waals surface area contributed by atoms with Crippen LogP contribution in [0.3, 0.4) is 0 Å². The van der Waals surface area contributed by atoms with Gasteiger partial charge < -0.3 is 4.53 Å². The SMILES string of the molecule is CCCCNO[Si](C(C)C)(C(C)C)C(C)C. The molecular formula is C13H31NOSi. The Labute approximate surface area is 103 Å². The summed E-state index contributed by atoms with van der Waals surface area (Å²) in [6.07, 6.45) is 2.41. The van der Waals surface area contributed by atoms with Crippen molar-refractivity contribution < 1.29 is 4.53 Å². The zero-order chi connectivity index (χ0) is 12.8. The highest BCUT2D eigenvalue weighted by atomic mass is 28.4. The van der Waals surface area contributed by atoms with E-state index >= 15 is 0 Å². The van der Waals surface area contributed by atoms with E-state index in [4.69, 9.17) is 4.53 Å². The van der Waals surface area contributed by atoms with Crippen molar-refractivity contribution in [3.8, 4) is 0 Å². The molecule has 0 saturated carbocycles. The summed E-state index contributed by atoms with van der Waals surface area (Å²) in [5.74, 6) is 0. The first-order valence-electron chi connectivity index (χ1n) is 6.80. The minimum absolute atomic E-state index is 0.654. The van der Waals surface area contributed by atoms with E-state index in [9.17, 15) is 0 Å². The van der Waals surface area contributed by atoms with Crippen LogP contribution in [0.2, 0.25) is 16.6 Å². The summed E-state index contributed by atoms with van der Waals surface area (Å²) >= 11 is 0. The molecule has 3 heteroatoms. The van der Waals surface area contributed by atoms with Crippen molar-refractivity contribution in [1.29, 1.82) is 0 Å². The maximum atomic E-state index is 6.20. The summed E-state index contributed by atoms with van der Waals surface area (Å²) in [4.78, 5) is 0. The summed E-state index contributed by atoms with van der Waals surface area (Å²) < 4.78 is 6.20. The maximum absolute atomic E-state index is 6.20. The van der Waals surface area contributed by atoms with E-state index in [1.54, 1.807) is 0 Å². The van der Waals surface area contributed by atoms with Crippen LogP contribution in [0, 0.1) is 0 Å². The highest BCUT2D eigenvalue weighted by molar-refractivity contribution is 6.77. The lowest BCUT2D eigenvalue weighted by molar-refractivity contribution is 0.164. The predicted molar refractivity (Wildman–Crippen MR) is 75.0 cm³/mol. The third-order valence-corrected chi connectivity index (χ3v) is 9.50. The minimum Gasteiger partial charge on any atom is -0.344 e. The van der Waals surface area contributed by atoms with Gasteiger partial charge >= 0.3 is 0 Å². The monoisotopic (exact) mass is 245 g/mol. The van der Waals surface area contributed by atoms with Gasteiger partial charge in [0.2, 0.25) is 8.32 Å². The Morgan fingerprint density at radius 3 is 1.69 bits per heavy atom. The zero-order valence-electron chi connectivity index (χ0n) is 12.3. The molecule has 0 aromatic rings. The standard InChI is InChI=1S/C13H31NOSi/c1-8-9-10-14-15-16(11(2)3,12(4)5)13(6)7/h11-14H,8-10H2,1-7H3. The van der Waals surface area contributed by atoms with Crippen LogP contribution in [-0.2, 0) is 4.53 Å². The molecule has 1 N–H and O–H groups in total. The molecule has 98 valence electrons. The molecule has 0 aromatic carbocycles. The number of unbranched alkanes of at least 4 members (excludes halogenated alkanes) is 1. The van der Waals surface area contributed by atoms with Crippen molar-refractivity contribution >= 4 is 8.32 Å². The molecule has 0 spiro atoms. The van der Waals surface area contributed by atoms with Gasteiger partial charge in [0.1, 0.15) is 0 Å². The van der Waals surface area contributed by atoms with Gasteiger partial charge in [0.15, 0.2) is 0 Å². The highest BCUT2D eigenvalue weighted by Gasteiger charge is 2.45. The fourth-order valence-corrected chi connectivity index (χ4v) is 7.84. The van der Waals surface area contributed by atoms with Crippen molar-refractivity contribution in [2.45, 2.75) is 77.9 Å². The fourth-order valence-electron chi connectivity index (χ4n) is 2.78. The second kappa shape index (κ2) is 7.46. The number of nitrogens with one attached hydrogen (secondary N) is 1. The van der Waals surface area contributed by atoms with Gasteiger partial charge in [0, 0.05) is 6.54 Å². The van der Waals surface area contributed by atoms with E-state index in [2.05, 4.69) is 53.9 Å². The number of hydrogen-bond acceptors (Lipinski definition) is 2. The average Bonchev–Trinajstić information content (AvgIpc) is 2.16. The van der Waals surface area contributed by atoms with Crippen LogP contribution in [0.4, 0.5) is 0 Å². The molecule has 0 heterocycles. The van der Waals surface area contributed by atoms with Gasteiger partial charge in [-0.25, -0.2) is 5.48 Å². The van der Waals surface area contributed by atoms with E-state index in [1.165, 1.54) is 12.8 Å². The number of rotatable bonds is 8. The van der Waals surface area contributed by atoms with Gasteiger partial charge in [0.05, 0.1) is 0 Å². The smallest absolute Gasteiger partial charge is 0.228 e. The fraction of sp³-hybridized carbons (Fsp3) is 1.00. The molecule has 0 rings (SSSR count). The molecule has 0 aliphatic rings. The number of hydroxylamine groups is 1. The Morgan fingerprint density at radius 2 is 1.38 bits per heavy atom. The Bertz CT molecular complexity index is 159. The molecular weight excluding hydrogens is 214 g/mol. The molecule has 2 nitrogen and oxygen atoms in total. The maximum Gasteiger partial charge on any atom is 0.228 e. The van der Waals surface area contributed by atoms with Crippen LogP contribution >= 0.6 is 0 Å². The van der Waals surface area contributed by atoms with Gasteiger partial charge in [0.25, 0.3) is 0 Å². The molecule has 0 atom stereocenters. The third-order valence-electron chi connectivity index (χ3n) is 3.59. The normalized spacial score (nSPS) is 13.1. The summed E-state index contributed by atoms with van der Waals surface area (Å²) in [5.41, 5.74) is 5.20. The van der Waals surface area contributed by atoms with E-state index in [-0.39, 0.29) is 0 Å². The van der Waals surface area contributed by atoms with Crippen LogP contribution in [-0.4, -0.2) is 14.9 Å². The summed E-state index contributed by atoms with van der Waals surface area (Å²) in [5, 5.41) is 0. The predicted octanol–water partition coefficient (Wildman–Crippen LogP) is 4.48. The lowest BCUT2D eigenvalue weighted by atomic mass is 10.3. The molecule has 0 aromatic heterocycles. The van der Waals surface area contributed by atoms with Crippen molar-refractivity contribution in [3.63, 3.8) is 0 Å². The Morgan fingerprint density at radius 1 is 0.938 bits per heavy atom. The lowest BCUT2D eigenvalue weighted by Gasteiger charge is -2.41. The van der Waals surface area contributed by atoms with Gasteiger partial charge in [-0.2, -0.15) is 0 Å². The first-order chi connectivity index (χ1) is 7.39. The summed E-state index contributed by atoms with van der Waals surface area (Å²) in [6.45, 7) is 17.1. The largest absolute Gasteiger partial charge is 0.344 e. The van der Waals surface area contributed by atoms with Crippen molar-refractivity contribution in [3.05, 3.63) is 0 Å². The Hall–Kier alpha value is 0.137. The third kappa shape index (κ3) is 3.86. The van der Waals surface area contributed by atoms with Crippen LogP contribution in [0.1, 0.15) is 61.3 Å². The molecule has 0 radical (unpaired) electrons. The Balaban J connectivity index is 4.52. The van der Waals surface area contributed by atoms with Crippen LogP contribution < -0.4 is 5.48 Å². The summed E-state index contributed by atoms with van der Waals surface area (Å²) in [6, 6.07) is 0. The first-order valence-corrected chi connectivity index (χ1v) is 8.94. The second-order valence-corrected chi connectivity index (χ2v) is 11.0. The Kier molecular flexibility index (Phi) is 7.52. The molecule has 0 aliphatic heterocycles. The second-order valence-electron chi connectivity index (χ2n) is 5.67. The molecule has 0 aliphatic carbocycles. The van der Waals surface area contributed by atoms with Crippen LogP contribution in [0.15, 0.2) is 0 Å². The lowest BCUT2D eigenvalue weighted by Crippen LogP contribution is -2.51. The molecule has 16 heavy (non-hydrogen) atoms. The minimum atomic E-state index is -1.69. The van der Waals surface area contributed by atoms with E-state index < -0.39 is 8.32 Å². The molecule has 0 saturated heterocycles.